The second kappa shape index (κ2) is 9.55. The molecular formula is C31H35N3O4. The highest BCUT2D eigenvalue weighted by molar-refractivity contribution is 6.13. The van der Waals surface area contributed by atoms with Gasteiger partial charge in [0.05, 0.1) is 23.1 Å². The van der Waals surface area contributed by atoms with Crippen molar-refractivity contribution in [3.05, 3.63) is 72.3 Å². The lowest BCUT2D eigenvalue weighted by molar-refractivity contribution is 0.0180. The Kier molecular flexibility index (Phi) is 6.19. The standard InChI is InChI=1S/C31H35N3O4/c1-31(2,3)27-19-32(15-16-33(27)30(35)36)17-18-37-25-13-8-12-23-28(25)22-11-7-14-26-29(22)34(23)24(20-38-26)21-9-5-4-6-10-21/h4-14,24,27H,15-20H2,1-3H3,(H,35,36). The maximum atomic E-state index is 11.8. The summed E-state index contributed by atoms with van der Waals surface area (Å²) in [7, 11) is 0. The van der Waals surface area contributed by atoms with E-state index in [1.165, 1.54) is 5.56 Å². The summed E-state index contributed by atoms with van der Waals surface area (Å²) in [6.07, 6.45) is -0.835. The molecule has 1 N–H and O–H groups in total. The second-order valence-corrected chi connectivity index (χ2v) is 11.4. The van der Waals surface area contributed by atoms with Gasteiger partial charge in [-0.25, -0.2) is 4.79 Å². The number of hydrogen-bond donors (Lipinski definition) is 1. The van der Waals surface area contributed by atoms with Crippen LogP contribution < -0.4 is 9.47 Å². The molecule has 1 fully saturated rings. The van der Waals surface area contributed by atoms with Crippen LogP contribution in [0.2, 0.25) is 0 Å². The average Bonchev–Trinajstić information content (AvgIpc) is 3.26. The van der Waals surface area contributed by atoms with Crippen molar-refractivity contribution in [2.24, 2.45) is 5.41 Å². The molecule has 2 aliphatic rings. The fourth-order valence-corrected chi connectivity index (χ4v) is 6.11. The Bertz CT molecular complexity index is 1470. The number of fused-ring (bicyclic) bond motifs is 3. The zero-order valence-corrected chi connectivity index (χ0v) is 22.3. The Hall–Kier alpha value is -3.71. The fourth-order valence-electron chi connectivity index (χ4n) is 6.11. The molecule has 198 valence electrons. The van der Waals surface area contributed by atoms with Crippen LogP contribution in [0.3, 0.4) is 0 Å². The van der Waals surface area contributed by atoms with Gasteiger partial charge in [0.25, 0.3) is 0 Å². The molecule has 7 nitrogen and oxygen atoms in total. The number of benzene rings is 3. The van der Waals surface area contributed by atoms with Crippen molar-refractivity contribution in [1.82, 2.24) is 14.4 Å². The number of para-hydroxylation sites is 1. The number of aromatic nitrogens is 1. The van der Waals surface area contributed by atoms with Crippen molar-refractivity contribution in [2.75, 3.05) is 39.4 Å². The van der Waals surface area contributed by atoms with Gasteiger partial charge in [-0.3, -0.25) is 4.90 Å². The average molecular weight is 514 g/mol. The molecule has 0 bridgehead atoms. The van der Waals surface area contributed by atoms with Crippen LogP contribution in [0, 0.1) is 5.41 Å². The number of ether oxygens (including phenoxy) is 2. The molecule has 0 spiro atoms. The van der Waals surface area contributed by atoms with Gasteiger partial charge in [0.1, 0.15) is 24.7 Å². The zero-order chi connectivity index (χ0) is 26.4. The molecular weight excluding hydrogens is 478 g/mol. The van der Waals surface area contributed by atoms with Gasteiger partial charge in [-0.1, -0.05) is 69.3 Å². The summed E-state index contributed by atoms with van der Waals surface area (Å²) in [5, 5.41) is 11.9. The number of piperazine rings is 1. The molecule has 7 heteroatoms. The number of hydrogen-bond acceptors (Lipinski definition) is 4. The van der Waals surface area contributed by atoms with Gasteiger partial charge in [-0.05, 0) is 29.2 Å². The molecule has 4 aromatic rings. The van der Waals surface area contributed by atoms with Crippen LogP contribution in [0.25, 0.3) is 21.8 Å². The van der Waals surface area contributed by atoms with Gasteiger partial charge < -0.3 is 24.0 Å². The highest BCUT2D eigenvalue weighted by Gasteiger charge is 2.38. The van der Waals surface area contributed by atoms with Crippen LogP contribution in [-0.4, -0.2) is 71.0 Å². The third-order valence-corrected chi connectivity index (χ3v) is 8.04. The predicted octanol–water partition coefficient (Wildman–Crippen LogP) is 5.87. The van der Waals surface area contributed by atoms with Crippen molar-refractivity contribution in [3.8, 4) is 11.5 Å². The van der Waals surface area contributed by atoms with E-state index in [0.717, 1.165) is 39.8 Å². The van der Waals surface area contributed by atoms with Crippen LogP contribution in [0.5, 0.6) is 11.5 Å². The number of nitrogens with zero attached hydrogens (tertiary/aromatic N) is 3. The van der Waals surface area contributed by atoms with Gasteiger partial charge >= 0.3 is 6.09 Å². The highest BCUT2D eigenvalue weighted by Crippen LogP contribution is 2.44. The Labute approximate surface area is 223 Å². The molecule has 0 saturated carbocycles. The van der Waals surface area contributed by atoms with Crippen molar-refractivity contribution >= 4 is 27.9 Å². The van der Waals surface area contributed by atoms with E-state index in [2.05, 4.69) is 84.8 Å². The third-order valence-electron chi connectivity index (χ3n) is 8.04. The molecule has 2 aliphatic heterocycles. The van der Waals surface area contributed by atoms with Crippen molar-refractivity contribution in [3.63, 3.8) is 0 Å². The quantitative estimate of drug-likeness (QED) is 0.362. The largest absolute Gasteiger partial charge is 0.492 e. The number of rotatable bonds is 5. The van der Waals surface area contributed by atoms with Crippen LogP contribution in [-0.2, 0) is 0 Å². The first-order valence-electron chi connectivity index (χ1n) is 13.4. The van der Waals surface area contributed by atoms with E-state index >= 15 is 0 Å². The van der Waals surface area contributed by atoms with Crippen molar-refractivity contribution < 1.29 is 19.4 Å². The maximum absolute atomic E-state index is 11.8. The Balaban J connectivity index is 1.28. The zero-order valence-electron chi connectivity index (χ0n) is 22.3. The summed E-state index contributed by atoms with van der Waals surface area (Å²) in [5.41, 5.74) is 3.34. The molecule has 2 unspecified atom stereocenters. The lowest BCUT2D eigenvalue weighted by Crippen LogP contribution is -2.59. The van der Waals surface area contributed by atoms with E-state index in [4.69, 9.17) is 9.47 Å². The summed E-state index contributed by atoms with van der Waals surface area (Å²) in [5.74, 6) is 1.77. The minimum absolute atomic E-state index is 0.0508. The number of amides is 1. The molecule has 0 radical (unpaired) electrons. The van der Waals surface area contributed by atoms with Crippen LogP contribution >= 0.6 is 0 Å². The minimum Gasteiger partial charge on any atom is -0.492 e. The van der Waals surface area contributed by atoms with Crippen molar-refractivity contribution in [2.45, 2.75) is 32.9 Å². The van der Waals surface area contributed by atoms with Gasteiger partial charge in [-0.2, -0.15) is 0 Å². The Morgan fingerprint density at radius 3 is 2.58 bits per heavy atom. The van der Waals surface area contributed by atoms with Gasteiger partial charge in [0.15, 0.2) is 0 Å². The van der Waals surface area contributed by atoms with Gasteiger partial charge in [0.2, 0.25) is 0 Å². The molecule has 0 aliphatic carbocycles. The van der Waals surface area contributed by atoms with Gasteiger partial charge in [-0.15, -0.1) is 0 Å². The second-order valence-electron chi connectivity index (χ2n) is 11.4. The van der Waals surface area contributed by atoms with Crippen molar-refractivity contribution in [1.29, 1.82) is 0 Å². The molecule has 38 heavy (non-hydrogen) atoms. The summed E-state index contributed by atoms with van der Waals surface area (Å²) in [4.78, 5) is 15.7. The fraction of sp³-hybridized carbons (Fsp3) is 0.387. The first kappa shape index (κ1) is 24.6. The normalized spacial score (nSPS) is 20.0. The minimum atomic E-state index is -0.835. The summed E-state index contributed by atoms with van der Waals surface area (Å²) < 4.78 is 15.1. The third kappa shape index (κ3) is 4.25. The molecule has 1 saturated heterocycles. The maximum Gasteiger partial charge on any atom is 0.407 e. The SMILES string of the molecule is CC(C)(C)C1CN(CCOc2cccc3c2c2cccc4c2n3C(c2ccccc2)CO4)CCN1C(=O)O. The molecule has 3 heterocycles. The lowest BCUT2D eigenvalue weighted by Gasteiger charge is -2.45. The Morgan fingerprint density at radius 1 is 1.03 bits per heavy atom. The van der Waals surface area contributed by atoms with E-state index < -0.39 is 6.09 Å². The smallest absolute Gasteiger partial charge is 0.407 e. The molecule has 1 aromatic heterocycles. The topological polar surface area (TPSA) is 67.2 Å². The Morgan fingerprint density at radius 2 is 1.82 bits per heavy atom. The first-order valence-corrected chi connectivity index (χ1v) is 13.4. The summed E-state index contributed by atoms with van der Waals surface area (Å²) >= 11 is 0. The van der Waals surface area contributed by atoms with E-state index in [0.29, 0.717) is 32.8 Å². The van der Waals surface area contributed by atoms with Crippen LogP contribution in [0.15, 0.2) is 66.7 Å². The van der Waals surface area contributed by atoms with E-state index in [9.17, 15) is 9.90 Å². The monoisotopic (exact) mass is 513 g/mol. The van der Waals surface area contributed by atoms with E-state index in [1.807, 2.05) is 12.1 Å². The molecule has 2 atom stereocenters. The summed E-state index contributed by atoms with van der Waals surface area (Å²) in [6, 6.07) is 23.1. The molecule has 1 amide bonds. The van der Waals surface area contributed by atoms with E-state index in [1.54, 1.807) is 4.90 Å². The lowest BCUT2D eigenvalue weighted by atomic mass is 9.84. The van der Waals surface area contributed by atoms with Crippen LogP contribution in [0.4, 0.5) is 4.79 Å². The van der Waals surface area contributed by atoms with Crippen LogP contribution in [0.1, 0.15) is 32.4 Å². The summed E-state index contributed by atoms with van der Waals surface area (Å²) in [6.45, 7) is 10.1. The predicted molar refractivity (Wildman–Crippen MR) is 149 cm³/mol. The first-order chi connectivity index (χ1) is 18.3. The number of carbonyl (C=O) groups is 1. The van der Waals surface area contributed by atoms with E-state index in [-0.39, 0.29) is 17.5 Å². The molecule has 6 rings (SSSR count). The highest BCUT2D eigenvalue weighted by atomic mass is 16.5. The number of carboxylic acid groups (broad SMARTS) is 1. The molecule has 3 aromatic carbocycles. The van der Waals surface area contributed by atoms with Gasteiger partial charge in [0, 0.05) is 37.0 Å².